The van der Waals surface area contributed by atoms with Crippen molar-refractivity contribution >= 4 is 23.6 Å². The monoisotopic (exact) mass is 389 g/mol. The van der Waals surface area contributed by atoms with Gasteiger partial charge in [0.2, 0.25) is 11.8 Å². The van der Waals surface area contributed by atoms with Crippen LogP contribution in [0.25, 0.3) is 11.4 Å². The van der Waals surface area contributed by atoms with Gasteiger partial charge in [0.25, 0.3) is 0 Å². The Morgan fingerprint density at radius 2 is 2.11 bits per heavy atom. The number of hydrogen-bond donors (Lipinski definition) is 1. The van der Waals surface area contributed by atoms with E-state index < -0.39 is 0 Å². The first kappa shape index (κ1) is 19.2. The molecule has 0 aliphatic carbocycles. The number of para-hydroxylation sites is 1. The number of amides is 2. The molecule has 0 unspecified atom stereocenters. The molecule has 3 rings (SSSR count). The van der Waals surface area contributed by atoms with Crippen molar-refractivity contribution in [1.82, 2.24) is 19.7 Å². The first-order valence-corrected chi connectivity index (χ1v) is 9.72. The van der Waals surface area contributed by atoms with Crippen LogP contribution in [0.3, 0.4) is 0 Å². The van der Waals surface area contributed by atoms with Crippen LogP contribution in [0.5, 0.6) is 5.75 Å². The van der Waals surface area contributed by atoms with Crippen LogP contribution in [0, 0.1) is 5.92 Å². The molecule has 1 aromatic heterocycles. The second-order valence-electron chi connectivity index (χ2n) is 6.44. The maximum atomic E-state index is 12.5. The highest BCUT2D eigenvalue weighted by Crippen LogP contribution is 2.30. The fraction of sp³-hybridized carbons (Fsp3) is 0.444. The van der Waals surface area contributed by atoms with Crippen LogP contribution in [0.15, 0.2) is 29.4 Å². The highest BCUT2D eigenvalue weighted by Gasteiger charge is 2.27. The number of piperidine rings is 1. The van der Waals surface area contributed by atoms with Gasteiger partial charge in [-0.3, -0.25) is 9.59 Å². The Labute approximate surface area is 162 Å². The first-order valence-electron chi connectivity index (χ1n) is 8.74. The molecule has 1 aliphatic heterocycles. The van der Waals surface area contributed by atoms with Crippen molar-refractivity contribution in [2.45, 2.75) is 18.0 Å². The second kappa shape index (κ2) is 8.43. The average molecular weight is 389 g/mol. The number of methoxy groups -OCH3 is 1. The van der Waals surface area contributed by atoms with Crippen molar-refractivity contribution in [3.05, 3.63) is 24.3 Å². The number of carbonyl (C=O) groups excluding carboxylic acids is 2. The van der Waals surface area contributed by atoms with Crippen molar-refractivity contribution in [2.24, 2.45) is 18.7 Å². The largest absolute Gasteiger partial charge is 0.496 e. The number of carbonyl (C=O) groups is 2. The molecule has 2 N–H and O–H groups in total. The molecule has 0 radical (unpaired) electrons. The highest BCUT2D eigenvalue weighted by atomic mass is 32.2. The van der Waals surface area contributed by atoms with E-state index in [4.69, 9.17) is 10.5 Å². The molecule has 9 heteroatoms. The van der Waals surface area contributed by atoms with Gasteiger partial charge in [0.05, 0.1) is 24.3 Å². The summed E-state index contributed by atoms with van der Waals surface area (Å²) in [5.41, 5.74) is 6.22. The summed E-state index contributed by atoms with van der Waals surface area (Å²) in [6.45, 7) is 1.06. The lowest BCUT2D eigenvalue weighted by molar-refractivity contribution is -0.132. The lowest BCUT2D eigenvalue weighted by Gasteiger charge is -2.31. The maximum absolute atomic E-state index is 12.5. The van der Waals surface area contributed by atoms with E-state index in [0.717, 1.165) is 18.4 Å². The molecule has 1 atom stereocenters. The van der Waals surface area contributed by atoms with E-state index in [-0.39, 0.29) is 23.5 Å². The lowest BCUT2D eigenvalue weighted by Crippen LogP contribution is -2.44. The summed E-state index contributed by atoms with van der Waals surface area (Å²) in [7, 11) is 3.47. The number of thioether (sulfide) groups is 1. The smallest absolute Gasteiger partial charge is 0.233 e. The molecular weight excluding hydrogens is 366 g/mol. The minimum atomic E-state index is -0.338. The number of primary amides is 1. The van der Waals surface area contributed by atoms with E-state index in [1.807, 2.05) is 35.9 Å². The summed E-state index contributed by atoms with van der Waals surface area (Å²) < 4.78 is 7.23. The predicted molar refractivity (Wildman–Crippen MR) is 102 cm³/mol. The summed E-state index contributed by atoms with van der Waals surface area (Å²) in [5, 5.41) is 9.10. The summed E-state index contributed by atoms with van der Waals surface area (Å²) in [6.07, 6.45) is 1.55. The second-order valence-corrected chi connectivity index (χ2v) is 7.38. The van der Waals surface area contributed by atoms with Crippen LogP contribution in [0.2, 0.25) is 0 Å². The van der Waals surface area contributed by atoms with Crippen LogP contribution in [-0.4, -0.2) is 57.4 Å². The Balaban J connectivity index is 1.66. The molecule has 0 bridgehead atoms. The summed E-state index contributed by atoms with van der Waals surface area (Å²) in [6, 6.07) is 7.59. The van der Waals surface area contributed by atoms with Gasteiger partial charge in [0, 0.05) is 20.1 Å². The van der Waals surface area contributed by atoms with Crippen molar-refractivity contribution < 1.29 is 14.3 Å². The van der Waals surface area contributed by atoms with E-state index in [1.165, 1.54) is 11.8 Å². The molecule has 1 aromatic carbocycles. The van der Waals surface area contributed by atoms with E-state index in [9.17, 15) is 9.59 Å². The SMILES string of the molecule is COc1ccccc1-c1nnc(SCC(=O)N2CCC[C@@H](C(N)=O)C2)n1C. The molecule has 8 nitrogen and oxygen atoms in total. The fourth-order valence-electron chi connectivity index (χ4n) is 3.16. The van der Waals surface area contributed by atoms with Crippen molar-refractivity contribution in [1.29, 1.82) is 0 Å². The molecule has 1 aliphatic rings. The Morgan fingerprint density at radius 3 is 2.85 bits per heavy atom. The van der Waals surface area contributed by atoms with Crippen LogP contribution in [0.4, 0.5) is 0 Å². The number of likely N-dealkylation sites (tertiary alicyclic amines) is 1. The molecule has 0 saturated carbocycles. The number of benzene rings is 1. The van der Waals surface area contributed by atoms with Crippen LogP contribution < -0.4 is 10.5 Å². The van der Waals surface area contributed by atoms with E-state index in [1.54, 1.807) is 12.0 Å². The minimum Gasteiger partial charge on any atom is -0.496 e. The van der Waals surface area contributed by atoms with Gasteiger partial charge in [0.15, 0.2) is 11.0 Å². The third kappa shape index (κ3) is 4.24. The molecule has 2 amide bonds. The first-order chi connectivity index (χ1) is 13.0. The average Bonchev–Trinajstić information content (AvgIpc) is 3.06. The number of nitrogens with zero attached hydrogens (tertiary/aromatic N) is 4. The highest BCUT2D eigenvalue weighted by molar-refractivity contribution is 7.99. The summed E-state index contributed by atoms with van der Waals surface area (Å²) in [4.78, 5) is 25.6. The van der Waals surface area contributed by atoms with Crippen LogP contribution in [-0.2, 0) is 16.6 Å². The molecule has 0 spiro atoms. The van der Waals surface area contributed by atoms with Gasteiger partial charge in [-0.05, 0) is 25.0 Å². The Kier molecular flexibility index (Phi) is 6.00. The summed E-state index contributed by atoms with van der Waals surface area (Å²) in [5.74, 6) is 1.02. The molecule has 1 fully saturated rings. The van der Waals surface area contributed by atoms with Crippen molar-refractivity contribution in [2.75, 3.05) is 26.0 Å². The van der Waals surface area contributed by atoms with Gasteiger partial charge >= 0.3 is 0 Å². The van der Waals surface area contributed by atoms with E-state index in [2.05, 4.69) is 10.2 Å². The maximum Gasteiger partial charge on any atom is 0.233 e. The normalized spacial score (nSPS) is 17.0. The zero-order chi connectivity index (χ0) is 19.4. The number of rotatable bonds is 6. The van der Waals surface area contributed by atoms with Crippen LogP contribution in [0.1, 0.15) is 12.8 Å². The molecule has 2 aromatic rings. The molecule has 27 heavy (non-hydrogen) atoms. The van der Waals surface area contributed by atoms with Gasteiger partial charge in [-0.1, -0.05) is 23.9 Å². The predicted octanol–water partition coefficient (Wildman–Crippen LogP) is 1.31. The van der Waals surface area contributed by atoms with Gasteiger partial charge in [0.1, 0.15) is 5.75 Å². The standard InChI is InChI=1S/C18H23N5O3S/c1-22-17(13-7-3-4-8-14(13)26-2)20-21-18(22)27-11-15(24)23-9-5-6-12(10-23)16(19)25/h3-4,7-8,12H,5-6,9-11H2,1-2H3,(H2,19,25)/t12-/m1/s1. The minimum absolute atomic E-state index is 0.0206. The number of ether oxygens (including phenoxy) is 1. The number of hydrogen-bond acceptors (Lipinski definition) is 6. The lowest BCUT2D eigenvalue weighted by atomic mass is 9.97. The van der Waals surface area contributed by atoms with Gasteiger partial charge < -0.3 is 19.9 Å². The molecule has 144 valence electrons. The third-order valence-electron chi connectivity index (χ3n) is 4.68. The number of nitrogens with two attached hydrogens (primary N) is 1. The van der Waals surface area contributed by atoms with Gasteiger partial charge in [-0.25, -0.2) is 0 Å². The molecule has 1 saturated heterocycles. The third-order valence-corrected chi connectivity index (χ3v) is 5.69. The summed E-state index contributed by atoms with van der Waals surface area (Å²) >= 11 is 1.33. The molecular formula is C18H23N5O3S. The van der Waals surface area contributed by atoms with Gasteiger partial charge in [-0.15, -0.1) is 10.2 Å². The van der Waals surface area contributed by atoms with E-state index >= 15 is 0 Å². The molecule has 2 heterocycles. The quantitative estimate of drug-likeness (QED) is 0.747. The Hall–Kier alpha value is -2.55. The van der Waals surface area contributed by atoms with Crippen molar-refractivity contribution in [3.63, 3.8) is 0 Å². The Bertz CT molecular complexity index is 838. The topological polar surface area (TPSA) is 103 Å². The van der Waals surface area contributed by atoms with Crippen LogP contribution >= 0.6 is 11.8 Å². The van der Waals surface area contributed by atoms with E-state index in [0.29, 0.717) is 29.8 Å². The van der Waals surface area contributed by atoms with Crippen molar-refractivity contribution in [3.8, 4) is 17.1 Å². The Morgan fingerprint density at radius 1 is 1.33 bits per heavy atom. The van der Waals surface area contributed by atoms with Gasteiger partial charge in [-0.2, -0.15) is 0 Å². The zero-order valence-electron chi connectivity index (χ0n) is 15.4. The zero-order valence-corrected chi connectivity index (χ0v) is 16.2. The fourth-order valence-corrected chi connectivity index (χ4v) is 3.97. The number of aromatic nitrogens is 3.